The van der Waals surface area contributed by atoms with Gasteiger partial charge < -0.3 is 14.6 Å². The lowest BCUT2D eigenvalue weighted by Gasteiger charge is -2.41. The Kier molecular flexibility index (Phi) is 1.99. The van der Waals surface area contributed by atoms with E-state index in [0.717, 1.165) is 19.3 Å². The molecule has 1 aliphatic heterocycles. The summed E-state index contributed by atoms with van der Waals surface area (Å²) in [4.78, 5) is 22.7. The van der Waals surface area contributed by atoms with Crippen molar-refractivity contribution < 1.29 is 24.2 Å². The zero-order valence-electron chi connectivity index (χ0n) is 11.1. The van der Waals surface area contributed by atoms with Gasteiger partial charge in [-0.05, 0) is 54.8 Å². The second-order valence-corrected chi connectivity index (χ2v) is 7.36. The van der Waals surface area contributed by atoms with Gasteiger partial charge in [-0.25, -0.2) is 4.79 Å². The van der Waals surface area contributed by atoms with Gasteiger partial charge in [0.05, 0.1) is 12.5 Å². The molecule has 0 aromatic carbocycles. The molecule has 1 heterocycles. The summed E-state index contributed by atoms with van der Waals surface area (Å²) in [7, 11) is 0. The Morgan fingerprint density at radius 2 is 1.95 bits per heavy atom. The van der Waals surface area contributed by atoms with Crippen molar-refractivity contribution in [2.75, 3.05) is 6.61 Å². The molecule has 1 N–H and O–H groups in total. The third-order valence-electron chi connectivity index (χ3n) is 7.02. The Bertz CT molecular complexity index is 502. The second kappa shape index (κ2) is 3.49. The molecule has 0 radical (unpaired) electrons. The number of fused-ring (bicyclic) bond motifs is 12. The fourth-order valence-corrected chi connectivity index (χ4v) is 6.80. The van der Waals surface area contributed by atoms with Crippen LogP contribution in [0.1, 0.15) is 19.3 Å². The Balaban J connectivity index is 1.46. The maximum absolute atomic E-state index is 11.9. The summed E-state index contributed by atoms with van der Waals surface area (Å²) < 4.78 is 10.4. The van der Waals surface area contributed by atoms with E-state index in [1.54, 1.807) is 0 Å². The van der Waals surface area contributed by atoms with Crippen LogP contribution in [0.15, 0.2) is 0 Å². The van der Waals surface area contributed by atoms with Crippen molar-refractivity contribution >= 4 is 12.1 Å². The molecule has 0 amide bonds. The zero-order chi connectivity index (χ0) is 13.6. The second-order valence-electron chi connectivity index (χ2n) is 7.36. The molecule has 5 heteroatoms. The van der Waals surface area contributed by atoms with Crippen LogP contribution in [0, 0.1) is 47.3 Å². The van der Waals surface area contributed by atoms with Crippen molar-refractivity contribution in [1.82, 2.24) is 0 Å². The number of carboxylic acid groups (broad SMARTS) is 1. The SMILES string of the molecule is O=C(O)OC1CC2CC1C1C3CC(C4C(=O)OCC34)C21. The van der Waals surface area contributed by atoms with Crippen LogP contribution in [0.4, 0.5) is 4.79 Å². The zero-order valence-corrected chi connectivity index (χ0v) is 11.1. The maximum Gasteiger partial charge on any atom is 0.506 e. The van der Waals surface area contributed by atoms with Crippen molar-refractivity contribution in [3.8, 4) is 0 Å². The molecule has 5 aliphatic rings. The summed E-state index contributed by atoms with van der Waals surface area (Å²) in [6.07, 6.45) is 1.89. The molecule has 0 spiro atoms. The van der Waals surface area contributed by atoms with Gasteiger partial charge in [0.15, 0.2) is 0 Å². The van der Waals surface area contributed by atoms with Gasteiger partial charge in [-0.3, -0.25) is 4.79 Å². The standard InChI is InChI=1S/C15H18O5/c16-14-13-8-3-6(9(13)4-19-14)12-7-1-5(11(8)12)2-10(7)20-15(17)18/h5-13H,1-4H2,(H,17,18). The average Bonchev–Trinajstić information content (AvgIpc) is 3.10. The lowest BCUT2D eigenvalue weighted by Crippen LogP contribution is -2.43. The molecule has 4 aliphatic carbocycles. The maximum atomic E-state index is 11.9. The highest BCUT2D eigenvalue weighted by atomic mass is 16.7. The quantitative estimate of drug-likeness (QED) is 0.584. The molecule has 0 aromatic heterocycles. The Morgan fingerprint density at radius 3 is 2.75 bits per heavy atom. The topological polar surface area (TPSA) is 72.8 Å². The van der Waals surface area contributed by atoms with Gasteiger partial charge >= 0.3 is 12.1 Å². The Morgan fingerprint density at radius 1 is 1.10 bits per heavy atom. The highest BCUT2D eigenvalue weighted by Gasteiger charge is 2.70. The van der Waals surface area contributed by atoms with Crippen molar-refractivity contribution in [1.29, 1.82) is 0 Å². The number of hydrogen-bond donors (Lipinski definition) is 1. The Labute approximate surface area is 116 Å². The molecule has 108 valence electrons. The highest BCUT2D eigenvalue weighted by Crippen LogP contribution is 2.71. The van der Waals surface area contributed by atoms with E-state index < -0.39 is 6.16 Å². The van der Waals surface area contributed by atoms with Crippen LogP contribution in [0.2, 0.25) is 0 Å². The predicted molar refractivity (Wildman–Crippen MR) is 65.6 cm³/mol. The first-order valence-electron chi connectivity index (χ1n) is 7.71. The first-order valence-corrected chi connectivity index (χ1v) is 7.71. The molecule has 20 heavy (non-hydrogen) atoms. The van der Waals surface area contributed by atoms with Gasteiger partial charge in [0.1, 0.15) is 6.10 Å². The number of cyclic esters (lactones) is 1. The van der Waals surface area contributed by atoms with E-state index in [1.165, 1.54) is 0 Å². The smallest absolute Gasteiger partial charge is 0.465 e. The molecular weight excluding hydrogens is 260 g/mol. The van der Waals surface area contributed by atoms with E-state index in [4.69, 9.17) is 14.6 Å². The van der Waals surface area contributed by atoms with Crippen molar-refractivity contribution in [3.05, 3.63) is 0 Å². The molecule has 5 nitrogen and oxygen atoms in total. The van der Waals surface area contributed by atoms with Crippen molar-refractivity contribution in [2.45, 2.75) is 25.4 Å². The van der Waals surface area contributed by atoms with E-state index in [9.17, 15) is 9.59 Å². The van der Waals surface area contributed by atoms with E-state index in [-0.39, 0.29) is 18.0 Å². The summed E-state index contributed by atoms with van der Waals surface area (Å²) in [5.41, 5.74) is 0. The minimum atomic E-state index is -1.14. The molecule has 5 fully saturated rings. The van der Waals surface area contributed by atoms with E-state index >= 15 is 0 Å². The largest absolute Gasteiger partial charge is 0.506 e. The van der Waals surface area contributed by atoms with E-state index in [0.29, 0.717) is 48.0 Å². The van der Waals surface area contributed by atoms with Gasteiger partial charge in [-0.2, -0.15) is 0 Å². The van der Waals surface area contributed by atoms with Gasteiger partial charge in [0, 0.05) is 5.92 Å². The van der Waals surface area contributed by atoms with Gasteiger partial charge in [0.25, 0.3) is 0 Å². The van der Waals surface area contributed by atoms with Crippen LogP contribution in [-0.4, -0.2) is 29.9 Å². The van der Waals surface area contributed by atoms with E-state index in [1.807, 2.05) is 0 Å². The summed E-state index contributed by atoms with van der Waals surface area (Å²) in [5, 5.41) is 8.87. The number of carbonyl (C=O) groups excluding carboxylic acids is 1. The highest BCUT2D eigenvalue weighted by molar-refractivity contribution is 5.76. The molecule has 1 saturated heterocycles. The summed E-state index contributed by atoms with van der Waals surface area (Å²) in [6, 6.07) is 0. The minimum Gasteiger partial charge on any atom is -0.465 e. The summed E-state index contributed by atoms with van der Waals surface area (Å²) >= 11 is 0. The van der Waals surface area contributed by atoms with Gasteiger partial charge in [0.2, 0.25) is 0 Å². The summed E-state index contributed by atoms with van der Waals surface area (Å²) in [6.45, 7) is 0.593. The third kappa shape index (κ3) is 1.16. The van der Waals surface area contributed by atoms with Crippen molar-refractivity contribution in [2.24, 2.45) is 47.3 Å². The van der Waals surface area contributed by atoms with Crippen molar-refractivity contribution in [3.63, 3.8) is 0 Å². The van der Waals surface area contributed by atoms with Crippen LogP contribution >= 0.6 is 0 Å². The van der Waals surface area contributed by atoms with Crippen LogP contribution in [0.5, 0.6) is 0 Å². The number of esters is 1. The molecule has 9 atom stereocenters. The van der Waals surface area contributed by atoms with Crippen LogP contribution < -0.4 is 0 Å². The number of ether oxygens (including phenoxy) is 2. The fourth-order valence-electron chi connectivity index (χ4n) is 6.80. The van der Waals surface area contributed by atoms with E-state index in [2.05, 4.69) is 0 Å². The Hall–Kier alpha value is -1.26. The fraction of sp³-hybridized carbons (Fsp3) is 0.867. The predicted octanol–water partition coefficient (Wildman–Crippen LogP) is 1.76. The molecule has 4 bridgehead atoms. The van der Waals surface area contributed by atoms with Crippen LogP contribution in [-0.2, 0) is 14.3 Å². The first kappa shape index (κ1) is 11.4. The number of carbonyl (C=O) groups is 2. The third-order valence-corrected chi connectivity index (χ3v) is 7.02. The number of rotatable bonds is 1. The number of hydrogen-bond acceptors (Lipinski definition) is 4. The van der Waals surface area contributed by atoms with Gasteiger partial charge in [-0.1, -0.05) is 0 Å². The molecular formula is C15H18O5. The average molecular weight is 278 g/mol. The molecule has 4 saturated carbocycles. The molecule has 9 unspecified atom stereocenters. The minimum absolute atomic E-state index is 0.0297. The normalized spacial score (nSPS) is 57.6. The molecule has 5 rings (SSSR count). The van der Waals surface area contributed by atoms with Gasteiger partial charge in [-0.15, -0.1) is 0 Å². The molecule has 0 aromatic rings. The lowest BCUT2D eigenvalue weighted by molar-refractivity contribution is -0.143. The first-order chi connectivity index (χ1) is 9.65. The van der Waals surface area contributed by atoms with Crippen LogP contribution in [0.3, 0.4) is 0 Å². The lowest BCUT2D eigenvalue weighted by atomic mass is 9.63. The summed E-state index contributed by atoms with van der Waals surface area (Å²) in [5.74, 6) is 3.83. The van der Waals surface area contributed by atoms with Crippen LogP contribution in [0.25, 0.3) is 0 Å². The monoisotopic (exact) mass is 278 g/mol.